The Morgan fingerprint density at radius 2 is 1.78 bits per heavy atom. The highest BCUT2D eigenvalue weighted by molar-refractivity contribution is 6.51. The third kappa shape index (κ3) is 3.57. The molecule has 10 nitrogen and oxygen atoms in total. The number of hydrogen-bond donors (Lipinski definition) is 3. The van der Waals surface area contributed by atoms with E-state index in [1.165, 1.54) is 23.1 Å². The number of anilines is 1. The fraction of sp³-hybridized carbons (Fsp3) is 0.111. The Hall–Kier alpha value is -5.12. The van der Waals surface area contributed by atoms with Gasteiger partial charge in [0.15, 0.2) is 11.5 Å². The Kier molecular flexibility index (Phi) is 4.97. The minimum absolute atomic E-state index is 0.0443. The van der Waals surface area contributed by atoms with Gasteiger partial charge < -0.3 is 24.7 Å². The van der Waals surface area contributed by atoms with Crippen molar-refractivity contribution in [2.45, 2.75) is 13.0 Å². The molecule has 3 N–H and O–H groups in total. The van der Waals surface area contributed by atoms with Crippen LogP contribution in [0.15, 0.2) is 66.2 Å². The topological polar surface area (TPSA) is 142 Å². The molecule has 37 heavy (non-hydrogen) atoms. The van der Waals surface area contributed by atoms with Crippen LogP contribution in [0, 0.1) is 6.92 Å². The number of Topliss-reactive ketones (excluding diaryl/α,β-unsaturated/α-hetero) is 1. The standard InChI is InChI=1S/C27H19N3O7/c1-13-3-2-4-14(9-13)22-21(23(31)15-6-8-19-20(11-15)37-12-36-19)24(32)25(33)30(22)27-28-17-7-5-16(26(34)35)10-18(17)29-27/h2-11,22,31H,12H2,1H3,(H,28,29)(H,34,35)/b23-21+. The van der Waals surface area contributed by atoms with Gasteiger partial charge in [-0.3, -0.25) is 14.5 Å². The Balaban J connectivity index is 1.54. The molecule has 0 radical (unpaired) electrons. The van der Waals surface area contributed by atoms with Crippen molar-refractivity contribution in [3.05, 3.63) is 88.5 Å². The molecule has 3 aromatic carbocycles. The first-order valence-corrected chi connectivity index (χ1v) is 11.3. The maximum Gasteiger partial charge on any atom is 0.335 e. The number of aliphatic hydroxyl groups excluding tert-OH is 1. The van der Waals surface area contributed by atoms with Gasteiger partial charge in [0.05, 0.1) is 28.2 Å². The molecular formula is C27H19N3O7. The van der Waals surface area contributed by atoms with Crippen molar-refractivity contribution >= 4 is 40.4 Å². The summed E-state index contributed by atoms with van der Waals surface area (Å²) >= 11 is 0. The largest absolute Gasteiger partial charge is 0.507 e. The molecule has 0 spiro atoms. The Labute approximate surface area is 209 Å². The van der Waals surface area contributed by atoms with Gasteiger partial charge in [-0.2, -0.15) is 0 Å². The maximum absolute atomic E-state index is 13.4. The molecule has 0 bridgehead atoms. The van der Waals surface area contributed by atoms with Crippen LogP contribution in [0.2, 0.25) is 0 Å². The second kappa shape index (κ2) is 8.23. The molecule has 0 saturated carbocycles. The van der Waals surface area contributed by atoms with Gasteiger partial charge in [0.2, 0.25) is 12.7 Å². The van der Waals surface area contributed by atoms with Crippen LogP contribution >= 0.6 is 0 Å². The summed E-state index contributed by atoms with van der Waals surface area (Å²) in [4.78, 5) is 46.8. The molecule has 2 aliphatic rings. The van der Waals surface area contributed by atoms with Crippen LogP contribution < -0.4 is 14.4 Å². The SMILES string of the molecule is Cc1cccc(C2/C(=C(\O)c3ccc4c(c3)OCO4)C(=O)C(=O)N2c2nc3ccc(C(=O)O)cc3[nH]2)c1. The van der Waals surface area contributed by atoms with E-state index < -0.39 is 23.7 Å². The zero-order valence-electron chi connectivity index (χ0n) is 19.4. The monoisotopic (exact) mass is 497 g/mol. The highest BCUT2D eigenvalue weighted by atomic mass is 16.7. The number of aryl methyl sites for hydroxylation is 1. The molecule has 3 heterocycles. The van der Waals surface area contributed by atoms with Crippen LogP contribution in [0.1, 0.15) is 33.1 Å². The van der Waals surface area contributed by atoms with E-state index in [4.69, 9.17) is 9.47 Å². The lowest BCUT2D eigenvalue weighted by Gasteiger charge is -2.23. The normalized spacial score (nSPS) is 18.1. The predicted octanol–water partition coefficient (Wildman–Crippen LogP) is 3.92. The number of benzene rings is 3. The van der Waals surface area contributed by atoms with E-state index >= 15 is 0 Å². The van der Waals surface area contributed by atoms with Crippen LogP contribution in [0.3, 0.4) is 0 Å². The lowest BCUT2D eigenvalue weighted by atomic mass is 9.94. The highest BCUT2D eigenvalue weighted by Crippen LogP contribution is 2.43. The molecule has 1 fully saturated rings. The quantitative estimate of drug-likeness (QED) is 0.219. The summed E-state index contributed by atoms with van der Waals surface area (Å²) < 4.78 is 10.7. The van der Waals surface area contributed by atoms with E-state index in [2.05, 4.69) is 9.97 Å². The summed E-state index contributed by atoms with van der Waals surface area (Å²) in [5, 5.41) is 20.7. The number of carboxylic acids is 1. The van der Waals surface area contributed by atoms with Crippen molar-refractivity contribution < 1.29 is 34.1 Å². The third-order valence-electron chi connectivity index (χ3n) is 6.39. The van der Waals surface area contributed by atoms with E-state index in [0.717, 1.165) is 5.56 Å². The third-order valence-corrected chi connectivity index (χ3v) is 6.39. The number of aliphatic hydroxyl groups is 1. The van der Waals surface area contributed by atoms with Crippen molar-refractivity contribution in [3.63, 3.8) is 0 Å². The summed E-state index contributed by atoms with van der Waals surface area (Å²) in [7, 11) is 0. The number of carbonyl (C=O) groups excluding carboxylic acids is 2. The first-order chi connectivity index (χ1) is 17.8. The van der Waals surface area contributed by atoms with Gasteiger partial charge in [-0.15, -0.1) is 0 Å². The number of aromatic carboxylic acids is 1. The Morgan fingerprint density at radius 1 is 1.00 bits per heavy atom. The van der Waals surface area contributed by atoms with Gasteiger partial charge >= 0.3 is 11.9 Å². The van der Waals surface area contributed by atoms with Crippen LogP contribution in [-0.2, 0) is 9.59 Å². The molecule has 1 aromatic heterocycles. The van der Waals surface area contributed by atoms with Gasteiger partial charge in [0, 0.05) is 5.56 Å². The summed E-state index contributed by atoms with van der Waals surface area (Å²) in [6.07, 6.45) is 0. The molecule has 4 aromatic rings. The number of ether oxygens (including phenoxy) is 2. The van der Waals surface area contributed by atoms with Crippen molar-refractivity contribution in [2.24, 2.45) is 0 Å². The van der Waals surface area contributed by atoms with Gasteiger partial charge in [0.25, 0.3) is 5.78 Å². The summed E-state index contributed by atoms with van der Waals surface area (Å²) in [6, 6.07) is 15.3. The van der Waals surface area contributed by atoms with Gasteiger partial charge in [-0.05, 0) is 48.9 Å². The average Bonchev–Trinajstić information content (AvgIpc) is 3.59. The number of nitrogens with zero attached hydrogens (tertiary/aromatic N) is 2. The number of amides is 1. The Morgan fingerprint density at radius 3 is 2.57 bits per heavy atom. The van der Waals surface area contributed by atoms with E-state index in [1.54, 1.807) is 30.3 Å². The molecule has 1 unspecified atom stereocenters. The average molecular weight is 497 g/mol. The van der Waals surface area contributed by atoms with E-state index in [0.29, 0.717) is 28.1 Å². The summed E-state index contributed by atoms with van der Waals surface area (Å²) in [5.74, 6) is -2.26. The van der Waals surface area contributed by atoms with Crippen molar-refractivity contribution in [1.82, 2.24) is 9.97 Å². The summed E-state index contributed by atoms with van der Waals surface area (Å²) in [6.45, 7) is 1.92. The molecule has 1 saturated heterocycles. The number of H-pyrrole nitrogens is 1. The Bertz CT molecular complexity index is 1670. The van der Waals surface area contributed by atoms with Crippen LogP contribution in [-0.4, -0.2) is 44.6 Å². The smallest absolute Gasteiger partial charge is 0.335 e. The fourth-order valence-electron chi connectivity index (χ4n) is 4.65. The number of hydrogen-bond acceptors (Lipinski definition) is 7. The zero-order chi connectivity index (χ0) is 25.8. The van der Waals surface area contributed by atoms with Crippen molar-refractivity contribution in [2.75, 3.05) is 11.7 Å². The van der Waals surface area contributed by atoms with Crippen LogP contribution in [0.4, 0.5) is 5.95 Å². The fourth-order valence-corrected chi connectivity index (χ4v) is 4.65. The number of carboxylic acid groups (broad SMARTS) is 1. The highest BCUT2D eigenvalue weighted by Gasteiger charge is 2.48. The number of imidazole rings is 1. The van der Waals surface area contributed by atoms with Crippen LogP contribution in [0.25, 0.3) is 16.8 Å². The molecular weight excluding hydrogens is 478 g/mol. The number of rotatable bonds is 4. The molecule has 6 rings (SSSR count). The lowest BCUT2D eigenvalue weighted by molar-refractivity contribution is -0.132. The zero-order valence-corrected chi connectivity index (χ0v) is 19.4. The van der Waals surface area contributed by atoms with E-state index in [9.17, 15) is 24.6 Å². The molecule has 2 aliphatic heterocycles. The number of aromatic nitrogens is 2. The summed E-state index contributed by atoms with van der Waals surface area (Å²) in [5.41, 5.74) is 2.51. The molecule has 1 atom stereocenters. The second-order valence-corrected chi connectivity index (χ2v) is 8.75. The van der Waals surface area contributed by atoms with Crippen molar-refractivity contribution in [1.29, 1.82) is 0 Å². The number of aromatic amines is 1. The number of nitrogens with one attached hydrogen (secondary N) is 1. The number of ketones is 1. The minimum atomic E-state index is -1.11. The van der Waals surface area contributed by atoms with Crippen LogP contribution in [0.5, 0.6) is 11.5 Å². The lowest BCUT2D eigenvalue weighted by Crippen LogP contribution is -2.30. The molecule has 184 valence electrons. The van der Waals surface area contributed by atoms with E-state index in [-0.39, 0.29) is 35.2 Å². The van der Waals surface area contributed by atoms with Gasteiger partial charge in [-0.1, -0.05) is 29.8 Å². The maximum atomic E-state index is 13.4. The first kappa shape index (κ1) is 22.4. The molecule has 0 aliphatic carbocycles. The van der Waals surface area contributed by atoms with Gasteiger partial charge in [0.1, 0.15) is 5.76 Å². The second-order valence-electron chi connectivity index (χ2n) is 8.75. The molecule has 10 heteroatoms. The van der Waals surface area contributed by atoms with Gasteiger partial charge in [-0.25, -0.2) is 9.78 Å². The predicted molar refractivity (Wildman–Crippen MR) is 132 cm³/mol. The minimum Gasteiger partial charge on any atom is -0.507 e. The first-order valence-electron chi connectivity index (χ1n) is 11.3. The van der Waals surface area contributed by atoms with E-state index in [1.807, 2.05) is 19.1 Å². The van der Waals surface area contributed by atoms with Crippen molar-refractivity contribution in [3.8, 4) is 11.5 Å². The molecule has 1 amide bonds. The number of fused-ring (bicyclic) bond motifs is 2. The number of carbonyl (C=O) groups is 3.